The van der Waals surface area contributed by atoms with Gasteiger partial charge in [0, 0.05) is 18.0 Å². The minimum atomic E-state index is 0.0493. The second-order valence-corrected chi connectivity index (χ2v) is 5.35. The third kappa shape index (κ3) is 2.24. The summed E-state index contributed by atoms with van der Waals surface area (Å²) in [7, 11) is 0. The van der Waals surface area contributed by atoms with Crippen LogP contribution < -0.4 is 10.5 Å². The minimum absolute atomic E-state index is 0.0493. The van der Waals surface area contributed by atoms with Gasteiger partial charge in [0.2, 0.25) is 0 Å². The monoisotopic (exact) mass is 253 g/mol. The lowest BCUT2D eigenvalue weighted by Gasteiger charge is -2.31. The molecule has 0 spiro atoms. The SMILES string of the molecule is Cc1ccc2c(c1)C(N)CC(c1ccccc1C)O2. The van der Waals surface area contributed by atoms with Gasteiger partial charge in [0.25, 0.3) is 0 Å². The molecule has 1 aliphatic heterocycles. The van der Waals surface area contributed by atoms with Gasteiger partial charge in [0.15, 0.2) is 0 Å². The topological polar surface area (TPSA) is 35.2 Å². The van der Waals surface area contributed by atoms with E-state index in [-0.39, 0.29) is 12.1 Å². The average Bonchev–Trinajstić information content (AvgIpc) is 2.40. The second kappa shape index (κ2) is 4.71. The van der Waals surface area contributed by atoms with E-state index in [1.165, 1.54) is 16.7 Å². The van der Waals surface area contributed by atoms with Crippen LogP contribution in [0.2, 0.25) is 0 Å². The summed E-state index contributed by atoms with van der Waals surface area (Å²) < 4.78 is 6.14. The summed E-state index contributed by atoms with van der Waals surface area (Å²) in [6, 6.07) is 14.7. The zero-order valence-corrected chi connectivity index (χ0v) is 11.4. The molecule has 2 atom stereocenters. The van der Waals surface area contributed by atoms with Crippen LogP contribution in [0.5, 0.6) is 5.75 Å². The smallest absolute Gasteiger partial charge is 0.126 e. The normalized spacial score (nSPS) is 21.6. The summed E-state index contributed by atoms with van der Waals surface area (Å²) in [5.74, 6) is 0.928. The van der Waals surface area contributed by atoms with Crippen molar-refractivity contribution in [2.75, 3.05) is 0 Å². The Morgan fingerprint density at radius 1 is 1.05 bits per heavy atom. The fourth-order valence-corrected chi connectivity index (χ4v) is 2.76. The molecule has 1 aliphatic rings. The van der Waals surface area contributed by atoms with Gasteiger partial charge in [-0.1, -0.05) is 42.0 Å². The molecule has 0 fully saturated rings. The van der Waals surface area contributed by atoms with Crippen LogP contribution in [0.25, 0.3) is 0 Å². The van der Waals surface area contributed by atoms with Gasteiger partial charge in [-0.25, -0.2) is 0 Å². The zero-order chi connectivity index (χ0) is 13.4. The number of nitrogens with two attached hydrogens (primary N) is 1. The predicted molar refractivity (Wildman–Crippen MR) is 77.3 cm³/mol. The number of hydrogen-bond acceptors (Lipinski definition) is 2. The van der Waals surface area contributed by atoms with Crippen molar-refractivity contribution in [1.29, 1.82) is 0 Å². The Labute approximate surface area is 114 Å². The molecular weight excluding hydrogens is 234 g/mol. The molecule has 19 heavy (non-hydrogen) atoms. The molecule has 2 unspecified atom stereocenters. The van der Waals surface area contributed by atoms with E-state index in [0.717, 1.165) is 17.7 Å². The van der Waals surface area contributed by atoms with Gasteiger partial charge in [-0.2, -0.15) is 0 Å². The number of ether oxygens (including phenoxy) is 1. The highest BCUT2D eigenvalue weighted by molar-refractivity contribution is 5.42. The van der Waals surface area contributed by atoms with Crippen molar-refractivity contribution in [3.05, 3.63) is 64.7 Å². The largest absolute Gasteiger partial charge is 0.485 e. The Morgan fingerprint density at radius 2 is 1.84 bits per heavy atom. The molecule has 0 bridgehead atoms. The van der Waals surface area contributed by atoms with Crippen molar-refractivity contribution in [2.24, 2.45) is 5.73 Å². The number of fused-ring (bicyclic) bond motifs is 1. The van der Waals surface area contributed by atoms with E-state index in [1.807, 2.05) is 6.07 Å². The fourth-order valence-electron chi connectivity index (χ4n) is 2.76. The lowest BCUT2D eigenvalue weighted by Crippen LogP contribution is -2.24. The van der Waals surface area contributed by atoms with Crippen LogP contribution in [0.15, 0.2) is 42.5 Å². The number of hydrogen-bond donors (Lipinski definition) is 1. The van der Waals surface area contributed by atoms with Crippen molar-refractivity contribution in [3.8, 4) is 5.75 Å². The van der Waals surface area contributed by atoms with Gasteiger partial charge in [0.05, 0.1) is 0 Å². The lowest BCUT2D eigenvalue weighted by molar-refractivity contribution is 0.161. The van der Waals surface area contributed by atoms with Crippen LogP contribution in [0, 0.1) is 13.8 Å². The molecule has 2 aromatic carbocycles. The summed E-state index contributed by atoms with van der Waals surface area (Å²) in [5.41, 5.74) is 11.2. The van der Waals surface area contributed by atoms with Gasteiger partial charge in [-0.3, -0.25) is 0 Å². The standard InChI is InChI=1S/C17H19NO/c1-11-7-8-16-14(9-11)15(18)10-17(19-16)13-6-4-3-5-12(13)2/h3-9,15,17H,10,18H2,1-2H3. The molecule has 0 amide bonds. The molecule has 2 aromatic rings. The molecule has 2 heteroatoms. The maximum atomic E-state index is 6.31. The Bertz CT molecular complexity index is 606. The van der Waals surface area contributed by atoms with Gasteiger partial charge in [0.1, 0.15) is 11.9 Å². The molecule has 0 saturated carbocycles. The van der Waals surface area contributed by atoms with Crippen LogP contribution in [0.1, 0.15) is 40.8 Å². The molecule has 2 nitrogen and oxygen atoms in total. The summed E-state index contributed by atoms with van der Waals surface area (Å²) in [5, 5.41) is 0. The minimum Gasteiger partial charge on any atom is -0.485 e. The summed E-state index contributed by atoms with van der Waals surface area (Å²) in [6.45, 7) is 4.20. The summed E-state index contributed by atoms with van der Waals surface area (Å²) >= 11 is 0. The van der Waals surface area contributed by atoms with E-state index in [0.29, 0.717) is 0 Å². The lowest BCUT2D eigenvalue weighted by atomic mass is 9.91. The third-order valence-corrected chi connectivity index (χ3v) is 3.84. The molecule has 1 heterocycles. The Hall–Kier alpha value is -1.80. The molecular formula is C17H19NO. The first-order valence-electron chi connectivity index (χ1n) is 6.73. The van der Waals surface area contributed by atoms with Crippen LogP contribution in [0.4, 0.5) is 0 Å². The molecule has 0 aliphatic carbocycles. The number of rotatable bonds is 1. The highest BCUT2D eigenvalue weighted by Gasteiger charge is 2.27. The molecule has 0 radical (unpaired) electrons. The maximum Gasteiger partial charge on any atom is 0.126 e. The highest BCUT2D eigenvalue weighted by atomic mass is 16.5. The van der Waals surface area contributed by atoms with Crippen LogP contribution in [-0.4, -0.2) is 0 Å². The van der Waals surface area contributed by atoms with Gasteiger partial charge < -0.3 is 10.5 Å². The van der Waals surface area contributed by atoms with Crippen molar-refractivity contribution >= 4 is 0 Å². The van der Waals surface area contributed by atoms with Crippen molar-refractivity contribution in [1.82, 2.24) is 0 Å². The van der Waals surface area contributed by atoms with E-state index >= 15 is 0 Å². The van der Waals surface area contributed by atoms with Crippen LogP contribution >= 0.6 is 0 Å². The Kier molecular flexibility index (Phi) is 3.03. The average molecular weight is 253 g/mol. The summed E-state index contributed by atoms with van der Waals surface area (Å²) in [4.78, 5) is 0. The van der Waals surface area contributed by atoms with E-state index in [1.54, 1.807) is 0 Å². The van der Waals surface area contributed by atoms with Crippen LogP contribution in [0.3, 0.4) is 0 Å². The first kappa shape index (κ1) is 12.2. The highest BCUT2D eigenvalue weighted by Crippen LogP contribution is 2.40. The van der Waals surface area contributed by atoms with E-state index in [2.05, 4.69) is 50.2 Å². The van der Waals surface area contributed by atoms with E-state index in [4.69, 9.17) is 10.5 Å². The van der Waals surface area contributed by atoms with Crippen molar-refractivity contribution < 1.29 is 4.74 Å². The Morgan fingerprint density at radius 3 is 2.63 bits per heavy atom. The zero-order valence-electron chi connectivity index (χ0n) is 11.4. The van der Waals surface area contributed by atoms with Crippen molar-refractivity contribution in [3.63, 3.8) is 0 Å². The fraction of sp³-hybridized carbons (Fsp3) is 0.294. The second-order valence-electron chi connectivity index (χ2n) is 5.35. The summed E-state index contributed by atoms with van der Waals surface area (Å²) in [6.07, 6.45) is 0.896. The number of aryl methyl sites for hydroxylation is 2. The quantitative estimate of drug-likeness (QED) is 0.838. The molecule has 98 valence electrons. The van der Waals surface area contributed by atoms with Gasteiger partial charge >= 0.3 is 0 Å². The van der Waals surface area contributed by atoms with Gasteiger partial charge in [-0.05, 0) is 31.0 Å². The first-order chi connectivity index (χ1) is 9.15. The predicted octanol–water partition coefficient (Wildman–Crippen LogP) is 3.83. The Balaban J connectivity index is 1.97. The molecule has 0 saturated heterocycles. The van der Waals surface area contributed by atoms with E-state index < -0.39 is 0 Å². The maximum absolute atomic E-state index is 6.31. The van der Waals surface area contributed by atoms with Gasteiger partial charge in [-0.15, -0.1) is 0 Å². The van der Waals surface area contributed by atoms with Crippen molar-refractivity contribution in [2.45, 2.75) is 32.4 Å². The number of benzene rings is 2. The third-order valence-electron chi connectivity index (χ3n) is 3.84. The van der Waals surface area contributed by atoms with Crippen LogP contribution in [-0.2, 0) is 0 Å². The molecule has 2 N–H and O–H groups in total. The molecule has 3 rings (SSSR count). The molecule has 0 aromatic heterocycles. The first-order valence-corrected chi connectivity index (χ1v) is 6.73. The van der Waals surface area contributed by atoms with E-state index in [9.17, 15) is 0 Å².